The Morgan fingerprint density at radius 2 is 2.05 bits per heavy atom. The topological polar surface area (TPSA) is 59.5 Å². The largest absolute Gasteiger partial charge is 0.378 e. The minimum absolute atomic E-state index is 0.0369. The molecule has 3 rings (SSSR count). The van der Waals surface area contributed by atoms with E-state index in [1.54, 1.807) is 10.5 Å². The van der Waals surface area contributed by atoms with E-state index in [4.69, 9.17) is 4.74 Å². The number of benzene rings is 1. The van der Waals surface area contributed by atoms with Crippen molar-refractivity contribution in [3.05, 3.63) is 42.1 Å². The van der Waals surface area contributed by atoms with Gasteiger partial charge in [0.15, 0.2) is 0 Å². The summed E-state index contributed by atoms with van der Waals surface area (Å²) in [4.78, 5) is 4.34. The molecule has 0 radical (unpaired) electrons. The number of morpholine rings is 1. The van der Waals surface area contributed by atoms with Gasteiger partial charge in [-0.05, 0) is 25.5 Å². The zero-order valence-corrected chi connectivity index (χ0v) is 13.6. The zero-order valence-electron chi connectivity index (χ0n) is 12.8. The minimum Gasteiger partial charge on any atom is -0.378 e. The Bertz CT molecular complexity index is 782. The summed E-state index contributed by atoms with van der Waals surface area (Å²) in [6.07, 6.45) is 1.69. The average Bonchev–Trinajstić information content (AvgIpc) is 2.46. The summed E-state index contributed by atoms with van der Waals surface area (Å²) in [5, 5.41) is 0.955. The molecule has 0 N–H and O–H groups in total. The number of hydrogen-bond donors (Lipinski definition) is 0. The molecule has 1 saturated heterocycles. The van der Waals surface area contributed by atoms with E-state index in [1.165, 1.54) is 0 Å². The van der Waals surface area contributed by atoms with Gasteiger partial charge in [0.2, 0.25) is 10.0 Å². The lowest BCUT2D eigenvalue weighted by Crippen LogP contribution is -2.55. The highest BCUT2D eigenvalue weighted by molar-refractivity contribution is 7.88. The number of hydrogen-bond acceptors (Lipinski definition) is 4. The lowest BCUT2D eigenvalue weighted by molar-refractivity contribution is -0.00777. The Hall–Kier alpha value is -1.50. The summed E-state index contributed by atoms with van der Waals surface area (Å²) in [5.74, 6) is -0.0369. The Morgan fingerprint density at radius 3 is 2.82 bits per heavy atom. The van der Waals surface area contributed by atoms with E-state index in [1.807, 2.05) is 44.2 Å². The fourth-order valence-electron chi connectivity index (χ4n) is 2.92. The van der Waals surface area contributed by atoms with Crippen molar-refractivity contribution in [3.8, 4) is 0 Å². The van der Waals surface area contributed by atoms with E-state index in [0.29, 0.717) is 19.8 Å². The van der Waals surface area contributed by atoms with E-state index in [9.17, 15) is 8.42 Å². The third-order valence-electron chi connectivity index (χ3n) is 3.96. The third kappa shape index (κ3) is 2.86. The molecule has 0 atom stereocenters. The molecule has 22 heavy (non-hydrogen) atoms. The third-order valence-corrected chi connectivity index (χ3v) is 5.98. The maximum atomic E-state index is 12.9. The fourth-order valence-corrected chi connectivity index (χ4v) is 4.86. The Labute approximate surface area is 131 Å². The van der Waals surface area contributed by atoms with Crippen molar-refractivity contribution in [3.63, 3.8) is 0 Å². The van der Waals surface area contributed by atoms with Crippen molar-refractivity contribution >= 4 is 20.9 Å². The van der Waals surface area contributed by atoms with Crippen LogP contribution in [0.5, 0.6) is 0 Å². The zero-order chi connectivity index (χ0) is 15.8. The van der Waals surface area contributed by atoms with Crippen LogP contribution in [0.2, 0.25) is 0 Å². The molecular formula is C16H20N2O3S. The highest BCUT2D eigenvalue weighted by atomic mass is 32.2. The average molecular weight is 320 g/mol. The highest BCUT2D eigenvalue weighted by Crippen LogP contribution is 2.26. The summed E-state index contributed by atoms with van der Waals surface area (Å²) >= 11 is 0. The predicted octanol–water partition coefficient (Wildman–Crippen LogP) is 2.18. The molecule has 5 nitrogen and oxygen atoms in total. The number of ether oxygens (including phenoxy) is 1. The first-order valence-corrected chi connectivity index (χ1v) is 8.92. The molecule has 0 unspecified atom stereocenters. The van der Waals surface area contributed by atoms with Gasteiger partial charge in [0.1, 0.15) is 0 Å². The monoisotopic (exact) mass is 320 g/mol. The first kappa shape index (κ1) is 15.4. The van der Waals surface area contributed by atoms with Crippen molar-refractivity contribution in [1.82, 2.24) is 9.29 Å². The smallest absolute Gasteiger partial charge is 0.219 e. The van der Waals surface area contributed by atoms with Crippen LogP contribution in [0.1, 0.15) is 19.4 Å². The quantitative estimate of drug-likeness (QED) is 0.870. The van der Waals surface area contributed by atoms with Crippen LogP contribution < -0.4 is 0 Å². The van der Waals surface area contributed by atoms with Crippen LogP contribution in [0.15, 0.2) is 36.5 Å². The number of para-hydroxylation sites is 1. The van der Waals surface area contributed by atoms with Crippen LogP contribution in [-0.4, -0.2) is 43.0 Å². The van der Waals surface area contributed by atoms with Gasteiger partial charge in [-0.25, -0.2) is 8.42 Å². The molecule has 1 aromatic carbocycles. The second-order valence-electron chi connectivity index (χ2n) is 6.19. The van der Waals surface area contributed by atoms with Gasteiger partial charge in [0.25, 0.3) is 0 Å². The van der Waals surface area contributed by atoms with Crippen molar-refractivity contribution in [2.24, 2.45) is 0 Å². The lowest BCUT2D eigenvalue weighted by Gasteiger charge is -2.40. The second-order valence-corrected chi connectivity index (χ2v) is 8.08. The number of nitrogens with zero attached hydrogens (tertiary/aromatic N) is 2. The van der Waals surface area contributed by atoms with Crippen LogP contribution in [0.25, 0.3) is 10.9 Å². The van der Waals surface area contributed by atoms with Gasteiger partial charge in [-0.1, -0.05) is 24.3 Å². The van der Waals surface area contributed by atoms with Gasteiger partial charge < -0.3 is 4.74 Å². The van der Waals surface area contributed by atoms with Crippen molar-refractivity contribution in [1.29, 1.82) is 0 Å². The number of pyridine rings is 1. The highest BCUT2D eigenvalue weighted by Gasteiger charge is 2.38. The summed E-state index contributed by atoms with van der Waals surface area (Å²) in [6, 6.07) is 9.44. The summed E-state index contributed by atoms with van der Waals surface area (Å²) in [7, 11) is -3.42. The molecule has 1 aliphatic heterocycles. The van der Waals surface area contributed by atoms with E-state index >= 15 is 0 Å². The molecule has 1 aromatic heterocycles. The van der Waals surface area contributed by atoms with E-state index in [0.717, 1.165) is 16.5 Å². The molecule has 0 bridgehead atoms. The van der Waals surface area contributed by atoms with Crippen LogP contribution in [0.3, 0.4) is 0 Å². The van der Waals surface area contributed by atoms with Crippen molar-refractivity contribution in [2.75, 3.05) is 19.8 Å². The molecule has 1 fully saturated rings. The standard InChI is InChI=1S/C16H20N2O3S/c1-16(2)12-21-10-9-18(16)22(19,20)11-14-6-3-5-13-7-4-8-17-15(13)14/h3-8H,9-12H2,1-2H3. The molecule has 0 aliphatic carbocycles. The maximum Gasteiger partial charge on any atom is 0.219 e. The normalized spacial score (nSPS) is 19.4. The first-order valence-electron chi connectivity index (χ1n) is 7.31. The molecule has 2 aromatic rings. The van der Waals surface area contributed by atoms with Gasteiger partial charge in [0, 0.05) is 18.1 Å². The first-order chi connectivity index (χ1) is 10.4. The second kappa shape index (κ2) is 5.61. The Kier molecular flexibility index (Phi) is 3.92. The fraction of sp³-hybridized carbons (Fsp3) is 0.438. The van der Waals surface area contributed by atoms with Crippen LogP contribution >= 0.6 is 0 Å². The van der Waals surface area contributed by atoms with Gasteiger partial charge in [-0.2, -0.15) is 4.31 Å². The Balaban J connectivity index is 1.97. The predicted molar refractivity (Wildman–Crippen MR) is 86.0 cm³/mol. The maximum absolute atomic E-state index is 12.9. The number of rotatable bonds is 3. The molecule has 0 spiro atoms. The lowest BCUT2D eigenvalue weighted by atomic mass is 10.1. The molecule has 0 amide bonds. The van der Waals surface area contributed by atoms with Gasteiger partial charge in [-0.15, -0.1) is 0 Å². The van der Waals surface area contributed by atoms with Crippen LogP contribution in [-0.2, 0) is 20.5 Å². The molecular weight excluding hydrogens is 300 g/mol. The molecule has 118 valence electrons. The van der Waals surface area contributed by atoms with Crippen molar-refractivity contribution in [2.45, 2.75) is 25.1 Å². The van der Waals surface area contributed by atoms with E-state index in [-0.39, 0.29) is 5.75 Å². The molecule has 6 heteroatoms. The number of fused-ring (bicyclic) bond motifs is 1. The van der Waals surface area contributed by atoms with Gasteiger partial charge in [-0.3, -0.25) is 4.98 Å². The Morgan fingerprint density at radius 1 is 1.27 bits per heavy atom. The molecule has 2 heterocycles. The van der Waals surface area contributed by atoms with Gasteiger partial charge >= 0.3 is 0 Å². The van der Waals surface area contributed by atoms with Crippen molar-refractivity contribution < 1.29 is 13.2 Å². The summed E-state index contributed by atoms with van der Waals surface area (Å²) in [5.41, 5.74) is 0.967. The van der Waals surface area contributed by atoms with E-state index < -0.39 is 15.6 Å². The minimum atomic E-state index is -3.42. The van der Waals surface area contributed by atoms with Crippen LogP contribution in [0.4, 0.5) is 0 Å². The van der Waals surface area contributed by atoms with E-state index in [2.05, 4.69) is 4.98 Å². The SMILES string of the molecule is CC1(C)COCCN1S(=O)(=O)Cc1cccc2cccnc12. The number of aromatic nitrogens is 1. The van der Waals surface area contributed by atoms with Crippen LogP contribution in [0, 0.1) is 0 Å². The van der Waals surface area contributed by atoms with Gasteiger partial charge in [0.05, 0.1) is 30.0 Å². The summed E-state index contributed by atoms with van der Waals surface area (Å²) in [6.45, 7) is 5.04. The summed E-state index contributed by atoms with van der Waals surface area (Å²) < 4.78 is 32.7. The molecule has 0 saturated carbocycles. The number of sulfonamides is 1. The molecule has 1 aliphatic rings.